The van der Waals surface area contributed by atoms with E-state index >= 15 is 0 Å². The molecule has 4 aromatic rings. The zero-order chi connectivity index (χ0) is 22.9. The molecule has 162 valence electrons. The molecule has 32 heavy (non-hydrogen) atoms. The minimum atomic E-state index is -4.49. The summed E-state index contributed by atoms with van der Waals surface area (Å²) in [6.45, 7) is 1.57. The molecule has 0 fully saturated rings. The van der Waals surface area contributed by atoms with E-state index in [2.05, 4.69) is 20.6 Å². The van der Waals surface area contributed by atoms with Crippen LogP contribution in [0.4, 0.5) is 23.2 Å². The van der Waals surface area contributed by atoms with Gasteiger partial charge in [-0.3, -0.25) is 9.78 Å². The first-order chi connectivity index (χ1) is 15.3. The van der Waals surface area contributed by atoms with Crippen molar-refractivity contribution in [1.82, 2.24) is 20.0 Å². The van der Waals surface area contributed by atoms with Gasteiger partial charge in [0.2, 0.25) is 0 Å². The van der Waals surface area contributed by atoms with Crippen LogP contribution in [0.3, 0.4) is 0 Å². The van der Waals surface area contributed by atoms with E-state index in [1.807, 2.05) is 0 Å². The minimum absolute atomic E-state index is 0.118. The second-order valence-electron chi connectivity index (χ2n) is 6.83. The van der Waals surface area contributed by atoms with Crippen molar-refractivity contribution in [3.8, 4) is 17.1 Å². The lowest BCUT2D eigenvalue weighted by molar-refractivity contribution is -0.137. The highest BCUT2D eigenvalue weighted by Gasteiger charge is 2.30. The third kappa shape index (κ3) is 4.07. The quantitative estimate of drug-likeness (QED) is 0.450. The normalized spacial score (nSPS) is 11.4. The van der Waals surface area contributed by atoms with Crippen LogP contribution in [0.15, 0.2) is 66.9 Å². The number of benzene rings is 2. The van der Waals surface area contributed by atoms with E-state index in [1.54, 1.807) is 31.2 Å². The third-order valence-electron chi connectivity index (χ3n) is 4.73. The van der Waals surface area contributed by atoms with Gasteiger partial charge in [0.15, 0.2) is 5.69 Å². The molecule has 0 saturated carbocycles. The van der Waals surface area contributed by atoms with Gasteiger partial charge in [0, 0.05) is 17.4 Å². The van der Waals surface area contributed by atoms with Crippen LogP contribution in [-0.4, -0.2) is 25.9 Å². The fourth-order valence-corrected chi connectivity index (χ4v) is 3.09. The Morgan fingerprint density at radius 1 is 1.00 bits per heavy atom. The molecular weight excluding hydrogens is 426 g/mol. The van der Waals surface area contributed by atoms with Gasteiger partial charge in [0.25, 0.3) is 5.91 Å². The van der Waals surface area contributed by atoms with Crippen LogP contribution in [0, 0.1) is 12.7 Å². The summed E-state index contributed by atoms with van der Waals surface area (Å²) in [6.07, 6.45) is -2.97. The van der Waals surface area contributed by atoms with E-state index in [4.69, 9.17) is 0 Å². The number of nitrogens with zero attached hydrogens (tertiary/aromatic N) is 4. The molecule has 0 bridgehead atoms. The Bertz CT molecular complexity index is 1270. The average molecular weight is 441 g/mol. The second-order valence-corrected chi connectivity index (χ2v) is 6.83. The van der Waals surface area contributed by atoms with Crippen molar-refractivity contribution in [2.45, 2.75) is 13.1 Å². The zero-order valence-electron chi connectivity index (χ0n) is 16.6. The van der Waals surface area contributed by atoms with Crippen LogP contribution in [0.1, 0.15) is 21.6 Å². The molecule has 0 radical (unpaired) electrons. The van der Waals surface area contributed by atoms with Crippen LogP contribution in [0.25, 0.3) is 17.1 Å². The molecule has 0 unspecified atom stereocenters. The van der Waals surface area contributed by atoms with Gasteiger partial charge < -0.3 is 5.32 Å². The first-order valence-electron chi connectivity index (χ1n) is 9.37. The number of hydrogen-bond acceptors (Lipinski definition) is 4. The highest BCUT2D eigenvalue weighted by atomic mass is 19.4. The fourth-order valence-electron chi connectivity index (χ4n) is 3.09. The lowest BCUT2D eigenvalue weighted by Crippen LogP contribution is -2.15. The molecule has 6 nitrogen and oxygen atoms in total. The Morgan fingerprint density at radius 3 is 2.41 bits per heavy atom. The number of rotatable bonds is 4. The number of amides is 1. The minimum Gasteiger partial charge on any atom is -0.321 e. The van der Waals surface area contributed by atoms with Gasteiger partial charge >= 0.3 is 6.18 Å². The Morgan fingerprint density at radius 2 is 1.75 bits per heavy atom. The summed E-state index contributed by atoms with van der Waals surface area (Å²) >= 11 is 0. The van der Waals surface area contributed by atoms with Crippen molar-refractivity contribution in [2.75, 3.05) is 5.32 Å². The number of halogens is 4. The van der Waals surface area contributed by atoms with E-state index in [9.17, 15) is 22.4 Å². The molecule has 4 rings (SSSR count). The first-order valence-corrected chi connectivity index (χ1v) is 9.37. The third-order valence-corrected chi connectivity index (χ3v) is 4.73. The smallest absolute Gasteiger partial charge is 0.321 e. The monoisotopic (exact) mass is 441 g/mol. The number of anilines is 1. The summed E-state index contributed by atoms with van der Waals surface area (Å²) in [4.78, 5) is 17.2. The standard InChI is InChI=1S/C22H15F4N5O/c1-13-16(23)5-4-7-18(13)31-20(17-6-2-3-12-27-17)19(29-30-31)21(32)28-15-10-8-14(9-11-15)22(24,25)26/h2-12H,1H3,(H,28,32). The van der Waals surface area contributed by atoms with Gasteiger partial charge in [-0.25, -0.2) is 9.07 Å². The summed E-state index contributed by atoms with van der Waals surface area (Å²) in [6, 6.07) is 13.5. The molecule has 2 aromatic heterocycles. The summed E-state index contributed by atoms with van der Waals surface area (Å²) in [5, 5.41) is 10.5. The molecule has 10 heteroatoms. The van der Waals surface area contributed by atoms with Crippen molar-refractivity contribution in [3.63, 3.8) is 0 Å². The molecular formula is C22H15F4N5O. The van der Waals surface area contributed by atoms with Gasteiger partial charge in [-0.15, -0.1) is 5.10 Å². The van der Waals surface area contributed by atoms with E-state index in [0.29, 0.717) is 16.9 Å². The Hall–Kier alpha value is -4.08. The Labute approximate surface area is 179 Å². The lowest BCUT2D eigenvalue weighted by atomic mass is 10.1. The number of aromatic nitrogens is 4. The van der Waals surface area contributed by atoms with Crippen molar-refractivity contribution in [1.29, 1.82) is 0 Å². The molecule has 1 N–H and O–H groups in total. The molecule has 1 amide bonds. The summed E-state index contributed by atoms with van der Waals surface area (Å²) in [7, 11) is 0. The highest BCUT2D eigenvalue weighted by molar-refractivity contribution is 6.06. The zero-order valence-corrected chi connectivity index (χ0v) is 16.6. The molecule has 0 aliphatic carbocycles. The predicted molar refractivity (Wildman–Crippen MR) is 109 cm³/mol. The number of carbonyl (C=O) groups excluding carboxylic acids is 1. The highest BCUT2D eigenvalue weighted by Crippen LogP contribution is 2.30. The molecule has 2 aromatic carbocycles. The van der Waals surface area contributed by atoms with Gasteiger partial charge in [-0.05, 0) is 55.5 Å². The number of hydrogen-bond donors (Lipinski definition) is 1. The van der Waals surface area contributed by atoms with Crippen LogP contribution in [0.5, 0.6) is 0 Å². The number of carbonyl (C=O) groups is 1. The Balaban J connectivity index is 1.75. The molecule has 2 heterocycles. The van der Waals surface area contributed by atoms with Gasteiger partial charge in [-0.1, -0.05) is 17.3 Å². The van der Waals surface area contributed by atoms with Crippen molar-refractivity contribution in [3.05, 3.63) is 89.5 Å². The molecule has 0 spiro atoms. The number of alkyl halides is 3. The summed E-state index contributed by atoms with van der Waals surface area (Å²) < 4.78 is 53.8. The van der Waals surface area contributed by atoms with Crippen molar-refractivity contribution >= 4 is 11.6 Å². The topological polar surface area (TPSA) is 72.7 Å². The molecule has 0 atom stereocenters. The maximum atomic E-state index is 14.1. The van der Waals surface area contributed by atoms with Gasteiger partial charge in [0.05, 0.1) is 16.9 Å². The maximum absolute atomic E-state index is 14.1. The molecule has 0 aliphatic rings. The van der Waals surface area contributed by atoms with Crippen LogP contribution in [-0.2, 0) is 6.18 Å². The first kappa shape index (κ1) is 21.2. The van der Waals surface area contributed by atoms with Crippen molar-refractivity contribution < 1.29 is 22.4 Å². The second kappa shape index (κ2) is 8.22. The fraction of sp³-hybridized carbons (Fsp3) is 0.0909. The van der Waals surface area contributed by atoms with Gasteiger partial charge in [-0.2, -0.15) is 13.2 Å². The van der Waals surface area contributed by atoms with Crippen molar-refractivity contribution in [2.24, 2.45) is 0 Å². The Kier molecular flexibility index (Phi) is 5.43. The van der Waals surface area contributed by atoms with Gasteiger partial charge in [0.1, 0.15) is 11.5 Å². The van der Waals surface area contributed by atoms with E-state index in [-0.39, 0.29) is 17.1 Å². The molecule has 0 aliphatic heterocycles. The lowest BCUT2D eigenvalue weighted by Gasteiger charge is -2.11. The van der Waals surface area contributed by atoms with Crippen LogP contribution >= 0.6 is 0 Å². The number of pyridine rings is 1. The SMILES string of the molecule is Cc1c(F)cccc1-n1nnc(C(=O)Nc2ccc(C(F)(F)F)cc2)c1-c1ccccn1. The summed E-state index contributed by atoms with van der Waals surface area (Å²) in [5.74, 6) is -1.16. The maximum Gasteiger partial charge on any atom is 0.416 e. The van der Waals surface area contributed by atoms with E-state index in [0.717, 1.165) is 24.3 Å². The van der Waals surface area contributed by atoms with E-state index < -0.39 is 23.5 Å². The molecule has 0 saturated heterocycles. The average Bonchev–Trinajstić information content (AvgIpc) is 3.21. The predicted octanol–water partition coefficient (Wildman–Crippen LogP) is 5.05. The largest absolute Gasteiger partial charge is 0.416 e. The number of nitrogens with one attached hydrogen (secondary N) is 1. The van der Waals surface area contributed by atoms with Crippen LogP contribution < -0.4 is 5.32 Å². The van der Waals surface area contributed by atoms with Crippen LogP contribution in [0.2, 0.25) is 0 Å². The summed E-state index contributed by atoms with van der Waals surface area (Å²) in [5.41, 5.74) is 0.425. The van der Waals surface area contributed by atoms with E-state index in [1.165, 1.54) is 23.0 Å².